The van der Waals surface area contributed by atoms with E-state index in [9.17, 15) is 14.7 Å². The molecule has 1 atom stereocenters. The molecule has 9 heteroatoms. The maximum Gasteiger partial charge on any atom is 0.255 e. The van der Waals surface area contributed by atoms with Gasteiger partial charge in [0, 0.05) is 23.4 Å². The van der Waals surface area contributed by atoms with Crippen molar-refractivity contribution in [2.75, 3.05) is 17.7 Å². The Morgan fingerprint density at radius 2 is 1.90 bits per heavy atom. The van der Waals surface area contributed by atoms with Crippen molar-refractivity contribution >= 4 is 23.3 Å². The predicted octanol–water partition coefficient (Wildman–Crippen LogP) is 5.78. The molecule has 0 fully saturated rings. The number of nitrogens with zero attached hydrogens (tertiary/aromatic N) is 2. The molecule has 4 rings (SSSR count). The minimum absolute atomic E-state index is 0.0527. The Morgan fingerprint density at radius 1 is 1.07 bits per heavy atom. The van der Waals surface area contributed by atoms with Crippen LogP contribution in [-0.2, 0) is 11.3 Å². The lowest BCUT2D eigenvalue weighted by Gasteiger charge is -2.17. The number of aryl methyl sites for hydroxylation is 1. The molecule has 0 aliphatic rings. The average Bonchev–Trinajstić information content (AvgIpc) is 2.97. The van der Waals surface area contributed by atoms with Gasteiger partial charge in [-0.3, -0.25) is 14.6 Å². The SMILES string of the molecule is CC=CC(=O)NCc1ccc(C(=O)Nc2cccc(C(C)Nc3cncc(-c4ccc(O)c(OC)c4)n3)c2)cc1C. The van der Waals surface area contributed by atoms with Gasteiger partial charge >= 0.3 is 0 Å². The van der Waals surface area contributed by atoms with E-state index in [0.717, 1.165) is 22.3 Å². The number of carbonyl (C=O) groups is 2. The van der Waals surface area contributed by atoms with Gasteiger partial charge in [0.25, 0.3) is 5.91 Å². The van der Waals surface area contributed by atoms with Gasteiger partial charge in [-0.15, -0.1) is 0 Å². The second kappa shape index (κ2) is 13.3. The summed E-state index contributed by atoms with van der Waals surface area (Å²) in [5.41, 5.74) is 5.39. The standard InChI is InChI=1S/C32H33N5O4/c1-5-7-31(39)34-17-25-11-10-24(14-20(25)2)32(40)36-26-9-6-8-22(15-26)21(3)35-30-19-33-18-27(37-30)23-12-13-28(38)29(16-23)41-4/h5-16,18-19,21,38H,17H2,1-4H3,(H,34,39)(H,35,37)(H,36,40). The van der Waals surface area contributed by atoms with E-state index in [4.69, 9.17) is 4.74 Å². The van der Waals surface area contributed by atoms with Crippen molar-refractivity contribution in [3.05, 3.63) is 107 Å². The third-order valence-electron chi connectivity index (χ3n) is 6.49. The number of phenols is 1. The second-order valence-corrected chi connectivity index (χ2v) is 9.48. The third-order valence-corrected chi connectivity index (χ3v) is 6.49. The molecule has 4 N–H and O–H groups in total. The van der Waals surface area contributed by atoms with Gasteiger partial charge in [0.15, 0.2) is 11.5 Å². The van der Waals surface area contributed by atoms with E-state index in [1.807, 2.05) is 50.2 Å². The van der Waals surface area contributed by atoms with Crippen molar-refractivity contribution in [1.82, 2.24) is 15.3 Å². The predicted molar refractivity (Wildman–Crippen MR) is 160 cm³/mol. The Kier molecular flexibility index (Phi) is 9.32. The van der Waals surface area contributed by atoms with Crippen LogP contribution in [0.25, 0.3) is 11.3 Å². The first kappa shape index (κ1) is 28.8. The van der Waals surface area contributed by atoms with Gasteiger partial charge in [0.1, 0.15) is 5.82 Å². The van der Waals surface area contributed by atoms with Crippen LogP contribution in [0.3, 0.4) is 0 Å². The fraction of sp³-hybridized carbons (Fsp3) is 0.188. The van der Waals surface area contributed by atoms with Crippen LogP contribution in [0.1, 0.15) is 46.9 Å². The summed E-state index contributed by atoms with van der Waals surface area (Å²) in [6.07, 6.45) is 6.44. The molecule has 1 unspecified atom stereocenters. The van der Waals surface area contributed by atoms with E-state index >= 15 is 0 Å². The van der Waals surface area contributed by atoms with Crippen LogP contribution >= 0.6 is 0 Å². The van der Waals surface area contributed by atoms with Gasteiger partial charge in [-0.05, 0) is 86.0 Å². The number of hydrogen-bond donors (Lipinski definition) is 4. The van der Waals surface area contributed by atoms with Crippen molar-refractivity contribution in [3.63, 3.8) is 0 Å². The topological polar surface area (TPSA) is 125 Å². The number of aromatic hydroxyl groups is 1. The van der Waals surface area contributed by atoms with Gasteiger partial charge < -0.3 is 25.8 Å². The number of hydrogen-bond acceptors (Lipinski definition) is 7. The van der Waals surface area contributed by atoms with Crippen LogP contribution in [0.5, 0.6) is 11.5 Å². The molecule has 0 saturated carbocycles. The molecule has 4 aromatic rings. The van der Waals surface area contributed by atoms with Crippen LogP contribution in [0, 0.1) is 6.92 Å². The molecule has 0 spiro atoms. The molecule has 3 aromatic carbocycles. The summed E-state index contributed by atoms with van der Waals surface area (Å²) in [4.78, 5) is 33.7. The maximum atomic E-state index is 13.0. The highest BCUT2D eigenvalue weighted by Crippen LogP contribution is 2.31. The Bertz CT molecular complexity index is 1580. The number of methoxy groups -OCH3 is 1. The molecule has 41 heavy (non-hydrogen) atoms. The van der Waals surface area contributed by atoms with Crippen LogP contribution in [0.15, 0.2) is 85.2 Å². The highest BCUT2D eigenvalue weighted by molar-refractivity contribution is 6.04. The fourth-order valence-corrected chi connectivity index (χ4v) is 4.23. The summed E-state index contributed by atoms with van der Waals surface area (Å²) in [7, 11) is 1.49. The van der Waals surface area contributed by atoms with Crippen molar-refractivity contribution in [2.45, 2.75) is 33.4 Å². The van der Waals surface area contributed by atoms with Gasteiger partial charge in [-0.1, -0.05) is 24.3 Å². The average molecular weight is 552 g/mol. The van der Waals surface area contributed by atoms with Gasteiger partial charge in [0.05, 0.1) is 31.2 Å². The first-order valence-electron chi connectivity index (χ1n) is 13.1. The highest BCUT2D eigenvalue weighted by Gasteiger charge is 2.13. The molecule has 0 aliphatic carbocycles. The Morgan fingerprint density at radius 3 is 2.66 bits per heavy atom. The van der Waals surface area contributed by atoms with Gasteiger partial charge in [-0.25, -0.2) is 4.98 Å². The van der Waals surface area contributed by atoms with Crippen molar-refractivity contribution in [2.24, 2.45) is 0 Å². The first-order valence-corrected chi connectivity index (χ1v) is 13.1. The van der Waals surface area contributed by atoms with Crippen LogP contribution in [0.2, 0.25) is 0 Å². The Balaban J connectivity index is 1.42. The molecule has 0 bridgehead atoms. The molecular weight excluding hydrogens is 518 g/mol. The van der Waals surface area contributed by atoms with E-state index in [1.165, 1.54) is 13.2 Å². The Labute approximate surface area is 239 Å². The van der Waals surface area contributed by atoms with Gasteiger partial charge in [0.2, 0.25) is 5.91 Å². The largest absolute Gasteiger partial charge is 0.504 e. The number of anilines is 2. The number of amides is 2. The molecule has 0 saturated heterocycles. The lowest BCUT2D eigenvalue weighted by atomic mass is 10.0. The monoisotopic (exact) mass is 551 g/mol. The quantitative estimate of drug-likeness (QED) is 0.184. The molecule has 1 aromatic heterocycles. The maximum absolute atomic E-state index is 13.0. The van der Waals surface area contributed by atoms with E-state index in [2.05, 4.69) is 25.9 Å². The number of phenolic OH excluding ortho intramolecular Hbond substituents is 1. The zero-order chi connectivity index (χ0) is 29.4. The number of rotatable bonds is 10. The smallest absolute Gasteiger partial charge is 0.255 e. The number of ether oxygens (including phenoxy) is 1. The molecule has 9 nitrogen and oxygen atoms in total. The zero-order valence-corrected chi connectivity index (χ0v) is 23.4. The fourth-order valence-electron chi connectivity index (χ4n) is 4.23. The zero-order valence-electron chi connectivity index (χ0n) is 23.4. The third kappa shape index (κ3) is 7.48. The number of carbonyl (C=O) groups excluding carboxylic acids is 2. The van der Waals surface area contributed by atoms with Crippen molar-refractivity contribution in [1.29, 1.82) is 0 Å². The highest BCUT2D eigenvalue weighted by atomic mass is 16.5. The summed E-state index contributed by atoms with van der Waals surface area (Å²) in [5.74, 6) is 0.605. The Hall–Kier alpha value is -5.18. The number of benzene rings is 3. The normalized spacial score (nSPS) is 11.6. The van der Waals surface area contributed by atoms with E-state index in [-0.39, 0.29) is 23.6 Å². The minimum atomic E-state index is -0.224. The molecule has 210 valence electrons. The second-order valence-electron chi connectivity index (χ2n) is 9.48. The molecule has 2 amide bonds. The molecule has 0 radical (unpaired) electrons. The summed E-state index contributed by atoms with van der Waals surface area (Å²) in [6.45, 7) is 6.09. The van der Waals surface area contributed by atoms with Crippen LogP contribution in [0.4, 0.5) is 11.5 Å². The minimum Gasteiger partial charge on any atom is -0.504 e. The van der Waals surface area contributed by atoms with Crippen molar-refractivity contribution in [3.8, 4) is 22.8 Å². The van der Waals surface area contributed by atoms with E-state index in [1.54, 1.807) is 49.7 Å². The summed E-state index contributed by atoms with van der Waals surface area (Å²) >= 11 is 0. The first-order chi connectivity index (χ1) is 19.8. The molecular formula is C32H33N5O4. The molecule has 1 heterocycles. The number of nitrogens with one attached hydrogen (secondary N) is 3. The van der Waals surface area contributed by atoms with E-state index in [0.29, 0.717) is 35.1 Å². The lowest BCUT2D eigenvalue weighted by molar-refractivity contribution is -0.116. The lowest BCUT2D eigenvalue weighted by Crippen LogP contribution is -2.21. The number of allylic oxidation sites excluding steroid dienone is 1. The van der Waals surface area contributed by atoms with Crippen LogP contribution < -0.4 is 20.7 Å². The summed E-state index contributed by atoms with van der Waals surface area (Å²) in [5, 5.41) is 19.0. The van der Waals surface area contributed by atoms with Crippen LogP contribution in [-0.4, -0.2) is 34.0 Å². The molecule has 0 aliphatic heterocycles. The van der Waals surface area contributed by atoms with E-state index < -0.39 is 0 Å². The number of aromatic nitrogens is 2. The van der Waals surface area contributed by atoms with Gasteiger partial charge in [-0.2, -0.15) is 0 Å². The summed E-state index contributed by atoms with van der Waals surface area (Å²) in [6, 6.07) is 17.9. The summed E-state index contributed by atoms with van der Waals surface area (Å²) < 4.78 is 5.20. The van der Waals surface area contributed by atoms with Crippen molar-refractivity contribution < 1.29 is 19.4 Å².